The van der Waals surface area contributed by atoms with E-state index in [2.05, 4.69) is 10.3 Å². The zero-order valence-corrected chi connectivity index (χ0v) is 15.8. The number of pyridine rings is 2. The number of rotatable bonds is 3. The first-order valence-corrected chi connectivity index (χ1v) is 9.50. The molecule has 1 amide bonds. The summed E-state index contributed by atoms with van der Waals surface area (Å²) in [6, 6.07) is 25.4. The van der Waals surface area contributed by atoms with Crippen molar-refractivity contribution in [3.05, 3.63) is 103 Å². The number of nitrogens with one attached hydrogen (secondary N) is 1. The van der Waals surface area contributed by atoms with E-state index in [9.17, 15) is 9.18 Å². The molecule has 0 radical (unpaired) electrons. The predicted molar refractivity (Wildman–Crippen MR) is 117 cm³/mol. The molecule has 144 valence electrons. The minimum Gasteiger partial charge on any atom is -0.321 e. The van der Waals surface area contributed by atoms with Crippen LogP contribution in [-0.2, 0) is 0 Å². The molecule has 30 heavy (non-hydrogen) atoms. The van der Waals surface area contributed by atoms with Crippen molar-refractivity contribution in [2.45, 2.75) is 0 Å². The quantitative estimate of drug-likeness (QED) is 0.419. The van der Waals surface area contributed by atoms with Crippen molar-refractivity contribution in [1.82, 2.24) is 9.97 Å². The number of carbonyl (C=O) groups excluding carboxylic acids is 1. The third-order valence-electron chi connectivity index (χ3n) is 5.00. The van der Waals surface area contributed by atoms with E-state index in [1.165, 1.54) is 12.3 Å². The van der Waals surface area contributed by atoms with E-state index >= 15 is 0 Å². The van der Waals surface area contributed by atoms with Gasteiger partial charge in [0.05, 0.1) is 22.5 Å². The molecule has 0 fully saturated rings. The number of aromatic nitrogens is 2. The van der Waals surface area contributed by atoms with E-state index in [4.69, 9.17) is 4.98 Å². The molecule has 3 aromatic carbocycles. The van der Waals surface area contributed by atoms with Gasteiger partial charge < -0.3 is 5.32 Å². The van der Waals surface area contributed by atoms with E-state index in [1.54, 1.807) is 24.3 Å². The maximum atomic E-state index is 14.1. The second-order valence-corrected chi connectivity index (χ2v) is 6.89. The van der Waals surface area contributed by atoms with Gasteiger partial charge >= 0.3 is 0 Å². The van der Waals surface area contributed by atoms with Crippen molar-refractivity contribution in [2.24, 2.45) is 0 Å². The van der Waals surface area contributed by atoms with E-state index in [1.807, 2.05) is 54.6 Å². The average Bonchev–Trinajstić information content (AvgIpc) is 2.79. The Bertz CT molecular complexity index is 1400. The summed E-state index contributed by atoms with van der Waals surface area (Å²) in [5.41, 5.74) is 3.60. The van der Waals surface area contributed by atoms with Gasteiger partial charge in [-0.2, -0.15) is 0 Å². The van der Waals surface area contributed by atoms with Crippen LogP contribution in [0.15, 0.2) is 91.1 Å². The van der Waals surface area contributed by atoms with Crippen molar-refractivity contribution >= 4 is 33.4 Å². The molecule has 4 nitrogen and oxygen atoms in total. The Hall–Kier alpha value is -4.12. The Labute approximate surface area is 172 Å². The molecule has 0 saturated carbocycles. The van der Waals surface area contributed by atoms with E-state index in [0.717, 1.165) is 16.5 Å². The second-order valence-electron chi connectivity index (χ2n) is 6.89. The van der Waals surface area contributed by atoms with Crippen LogP contribution in [0.5, 0.6) is 0 Å². The van der Waals surface area contributed by atoms with Crippen molar-refractivity contribution in [2.75, 3.05) is 5.32 Å². The van der Waals surface area contributed by atoms with Gasteiger partial charge in [-0.15, -0.1) is 0 Å². The first-order chi connectivity index (χ1) is 14.7. The van der Waals surface area contributed by atoms with Crippen LogP contribution in [0.3, 0.4) is 0 Å². The molecular weight excluding hydrogens is 377 g/mol. The summed E-state index contributed by atoms with van der Waals surface area (Å²) in [6.45, 7) is 0. The lowest BCUT2D eigenvalue weighted by Gasteiger charge is -2.12. The standard InChI is InChI=1S/C25H16FN3O/c26-20-11-6-10-18-22(13-14-27-24(18)20)29-25(30)19-15-23(16-7-2-1-3-8-16)28-21-12-5-4-9-17(19)21/h1-15H,(H,27,29,30). The van der Waals surface area contributed by atoms with Gasteiger partial charge in [0.1, 0.15) is 11.3 Å². The lowest BCUT2D eigenvalue weighted by atomic mass is 10.0. The maximum Gasteiger partial charge on any atom is 0.256 e. The van der Waals surface area contributed by atoms with Gasteiger partial charge in [-0.3, -0.25) is 9.78 Å². The Balaban J connectivity index is 1.63. The number of halogens is 1. The number of amides is 1. The summed E-state index contributed by atoms with van der Waals surface area (Å²) in [4.78, 5) is 22.1. The smallest absolute Gasteiger partial charge is 0.256 e. The van der Waals surface area contributed by atoms with E-state index < -0.39 is 5.82 Å². The summed E-state index contributed by atoms with van der Waals surface area (Å²) in [5.74, 6) is -0.716. The van der Waals surface area contributed by atoms with Crippen LogP contribution in [0, 0.1) is 5.82 Å². The molecule has 0 spiro atoms. The molecule has 0 aliphatic heterocycles. The molecule has 0 aliphatic rings. The fourth-order valence-corrected chi connectivity index (χ4v) is 3.56. The number of nitrogens with zero attached hydrogens (tertiary/aromatic N) is 2. The molecule has 0 atom stereocenters. The first-order valence-electron chi connectivity index (χ1n) is 9.50. The highest BCUT2D eigenvalue weighted by Gasteiger charge is 2.16. The highest BCUT2D eigenvalue weighted by molar-refractivity contribution is 6.15. The molecule has 5 aromatic rings. The lowest BCUT2D eigenvalue weighted by Crippen LogP contribution is -2.13. The van der Waals surface area contributed by atoms with Crippen molar-refractivity contribution < 1.29 is 9.18 Å². The third kappa shape index (κ3) is 3.16. The molecule has 2 heterocycles. The molecule has 5 heteroatoms. The molecule has 1 N–H and O–H groups in total. The van der Waals surface area contributed by atoms with Gasteiger partial charge in [0.2, 0.25) is 0 Å². The van der Waals surface area contributed by atoms with Gasteiger partial charge in [0.25, 0.3) is 5.91 Å². The number of carbonyl (C=O) groups is 1. The summed E-state index contributed by atoms with van der Waals surface area (Å²) in [5, 5.41) is 4.22. The van der Waals surface area contributed by atoms with Crippen LogP contribution >= 0.6 is 0 Å². The molecule has 0 aliphatic carbocycles. The van der Waals surface area contributed by atoms with Crippen LogP contribution in [-0.4, -0.2) is 15.9 Å². The van der Waals surface area contributed by atoms with Crippen molar-refractivity contribution in [3.8, 4) is 11.3 Å². The number of hydrogen-bond donors (Lipinski definition) is 1. The molecule has 2 aromatic heterocycles. The highest BCUT2D eigenvalue weighted by Crippen LogP contribution is 2.27. The molecule has 0 unspecified atom stereocenters. The summed E-state index contributed by atoms with van der Waals surface area (Å²) >= 11 is 0. The fourth-order valence-electron chi connectivity index (χ4n) is 3.56. The monoisotopic (exact) mass is 393 g/mol. The normalized spacial score (nSPS) is 11.0. The first kappa shape index (κ1) is 17.9. The lowest BCUT2D eigenvalue weighted by molar-refractivity contribution is 0.102. The van der Waals surface area contributed by atoms with Gasteiger partial charge in [-0.25, -0.2) is 9.37 Å². The van der Waals surface area contributed by atoms with Crippen molar-refractivity contribution in [3.63, 3.8) is 0 Å². The Kier molecular flexibility index (Phi) is 4.41. The van der Waals surface area contributed by atoms with Gasteiger partial charge in [-0.05, 0) is 24.3 Å². The van der Waals surface area contributed by atoms with Crippen LogP contribution in [0.25, 0.3) is 33.1 Å². The zero-order chi connectivity index (χ0) is 20.5. The van der Waals surface area contributed by atoms with Gasteiger partial charge in [0, 0.05) is 22.5 Å². The van der Waals surface area contributed by atoms with Gasteiger partial charge in [0.15, 0.2) is 0 Å². The Morgan fingerprint density at radius 3 is 2.47 bits per heavy atom. The number of benzene rings is 3. The number of anilines is 1. The Morgan fingerprint density at radius 2 is 1.60 bits per heavy atom. The topological polar surface area (TPSA) is 54.9 Å². The minimum atomic E-state index is -0.427. The van der Waals surface area contributed by atoms with Crippen molar-refractivity contribution in [1.29, 1.82) is 0 Å². The van der Waals surface area contributed by atoms with Crippen LogP contribution < -0.4 is 5.32 Å². The number of fused-ring (bicyclic) bond motifs is 2. The fraction of sp³-hybridized carbons (Fsp3) is 0. The van der Waals surface area contributed by atoms with Crippen LogP contribution in [0.4, 0.5) is 10.1 Å². The summed E-state index contributed by atoms with van der Waals surface area (Å²) in [6.07, 6.45) is 1.49. The molecular formula is C25H16FN3O. The predicted octanol–water partition coefficient (Wildman–Crippen LogP) is 5.84. The van der Waals surface area contributed by atoms with Gasteiger partial charge in [-0.1, -0.05) is 60.7 Å². The minimum absolute atomic E-state index is 0.222. The maximum absolute atomic E-state index is 14.1. The van der Waals surface area contributed by atoms with E-state index in [-0.39, 0.29) is 11.4 Å². The molecule has 5 rings (SSSR count). The second kappa shape index (κ2) is 7.37. The largest absolute Gasteiger partial charge is 0.321 e. The van der Waals surface area contributed by atoms with Crippen LogP contribution in [0.2, 0.25) is 0 Å². The van der Waals surface area contributed by atoms with Crippen LogP contribution in [0.1, 0.15) is 10.4 Å². The summed E-state index contributed by atoms with van der Waals surface area (Å²) < 4.78 is 14.1. The number of para-hydroxylation sites is 2. The number of hydrogen-bond acceptors (Lipinski definition) is 3. The van der Waals surface area contributed by atoms with E-state index in [0.29, 0.717) is 22.3 Å². The highest BCUT2D eigenvalue weighted by atomic mass is 19.1. The zero-order valence-electron chi connectivity index (χ0n) is 15.8. The average molecular weight is 393 g/mol. The third-order valence-corrected chi connectivity index (χ3v) is 5.00. The summed E-state index contributed by atoms with van der Waals surface area (Å²) in [7, 11) is 0. The molecule has 0 bridgehead atoms. The molecule has 0 saturated heterocycles. The Morgan fingerprint density at radius 1 is 0.833 bits per heavy atom. The SMILES string of the molecule is O=C(Nc1ccnc2c(F)cccc12)c1cc(-c2ccccc2)nc2ccccc12.